The highest BCUT2D eigenvalue weighted by atomic mass is 16.5. The molecule has 24 heavy (non-hydrogen) atoms. The molecule has 1 aliphatic heterocycles. The molecular formula is C17H22N2O5. The molecule has 2 rings (SSSR count). The molecule has 0 aliphatic carbocycles. The highest BCUT2D eigenvalue weighted by molar-refractivity contribution is 5.80. The second-order valence-electron chi connectivity index (χ2n) is 5.91. The molecule has 1 fully saturated rings. The van der Waals surface area contributed by atoms with Crippen molar-refractivity contribution in [2.45, 2.75) is 32.4 Å². The van der Waals surface area contributed by atoms with Gasteiger partial charge in [0.2, 0.25) is 11.8 Å². The van der Waals surface area contributed by atoms with Crippen LogP contribution in [0.1, 0.15) is 30.5 Å². The predicted molar refractivity (Wildman–Crippen MR) is 86.3 cm³/mol. The molecule has 2 amide bonds. The SMILES string of the molecule is CC(=O)NC(CC(=O)N1CCOC(C(=O)O)C1)c1ccc(C)cc1. The third-order valence-electron chi connectivity index (χ3n) is 3.93. The Labute approximate surface area is 140 Å². The minimum absolute atomic E-state index is 0.0227. The van der Waals surface area contributed by atoms with Gasteiger partial charge in [0.1, 0.15) is 0 Å². The Balaban J connectivity index is 2.08. The summed E-state index contributed by atoms with van der Waals surface area (Å²) in [6.07, 6.45) is -0.920. The first kappa shape index (κ1) is 17.9. The summed E-state index contributed by atoms with van der Waals surface area (Å²) in [6.45, 7) is 3.93. The van der Waals surface area contributed by atoms with Gasteiger partial charge in [-0.25, -0.2) is 4.79 Å². The molecule has 0 saturated carbocycles. The van der Waals surface area contributed by atoms with Crippen molar-refractivity contribution < 1.29 is 24.2 Å². The fourth-order valence-electron chi connectivity index (χ4n) is 2.63. The van der Waals surface area contributed by atoms with E-state index in [4.69, 9.17) is 9.84 Å². The third kappa shape index (κ3) is 4.79. The Kier molecular flexibility index (Phi) is 5.92. The number of aryl methyl sites for hydroxylation is 1. The van der Waals surface area contributed by atoms with Crippen molar-refractivity contribution in [3.63, 3.8) is 0 Å². The number of nitrogens with one attached hydrogen (secondary N) is 1. The fourth-order valence-corrected chi connectivity index (χ4v) is 2.63. The highest BCUT2D eigenvalue weighted by Gasteiger charge is 2.30. The number of carbonyl (C=O) groups is 3. The lowest BCUT2D eigenvalue weighted by molar-refractivity contribution is -0.159. The molecule has 7 heteroatoms. The molecule has 1 aliphatic rings. The minimum atomic E-state index is -1.08. The van der Waals surface area contributed by atoms with Gasteiger partial charge >= 0.3 is 5.97 Å². The summed E-state index contributed by atoms with van der Waals surface area (Å²) in [5.74, 6) is -1.51. The van der Waals surface area contributed by atoms with E-state index >= 15 is 0 Å². The lowest BCUT2D eigenvalue weighted by atomic mass is 10.0. The van der Waals surface area contributed by atoms with Crippen LogP contribution < -0.4 is 5.32 Å². The number of carboxylic acid groups (broad SMARTS) is 1. The first-order valence-electron chi connectivity index (χ1n) is 7.82. The van der Waals surface area contributed by atoms with Crippen LogP contribution in [0.2, 0.25) is 0 Å². The third-order valence-corrected chi connectivity index (χ3v) is 3.93. The highest BCUT2D eigenvalue weighted by Crippen LogP contribution is 2.20. The molecule has 1 heterocycles. The van der Waals surface area contributed by atoms with Crippen molar-refractivity contribution >= 4 is 17.8 Å². The number of carboxylic acids is 1. The number of benzene rings is 1. The number of morpholine rings is 1. The van der Waals surface area contributed by atoms with Crippen molar-refractivity contribution in [3.8, 4) is 0 Å². The van der Waals surface area contributed by atoms with Crippen LogP contribution in [0.25, 0.3) is 0 Å². The van der Waals surface area contributed by atoms with E-state index in [-0.39, 0.29) is 31.4 Å². The summed E-state index contributed by atoms with van der Waals surface area (Å²) in [5.41, 5.74) is 1.93. The van der Waals surface area contributed by atoms with Gasteiger partial charge in [0, 0.05) is 13.5 Å². The van der Waals surface area contributed by atoms with Gasteiger partial charge in [-0.15, -0.1) is 0 Å². The summed E-state index contributed by atoms with van der Waals surface area (Å²) in [7, 11) is 0. The first-order chi connectivity index (χ1) is 11.4. The van der Waals surface area contributed by atoms with Crippen molar-refractivity contribution in [2.75, 3.05) is 19.7 Å². The Morgan fingerprint density at radius 1 is 1.33 bits per heavy atom. The van der Waals surface area contributed by atoms with Gasteiger partial charge in [-0.2, -0.15) is 0 Å². The van der Waals surface area contributed by atoms with Crippen molar-refractivity contribution in [2.24, 2.45) is 0 Å². The molecule has 2 N–H and O–H groups in total. The van der Waals surface area contributed by atoms with Gasteiger partial charge in [-0.3, -0.25) is 9.59 Å². The van der Waals surface area contributed by atoms with Gasteiger partial charge in [0.15, 0.2) is 6.10 Å². The summed E-state index contributed by atoms with van der Waals surface area (Å²) in [4.78, 5) is 36.5. The molecule has 130 valence electrons. The number of nitrogens with zero attached hydrogens (tertiary/aromatic N) is 1. The van der Waals surface area contributed by atoms with Crippen LogP contribution in [-0.4, -0.2) is 53.6 Å². The standard InChI is InChI=1S/C17H22N2O5/c1-11-3-5-13(6-4-11)14(18-12(2)20)9-16(21)19-7-8-24-15(10-19)17(22)23/h3-6,14-15H,7-10H2,1-2H3,(H,18,20)(H,22,23). The van der Waals surface area contributed by atoms with E-state index in [1.54, 1.807) is 0 Å². The number of aliphatic carboxylic acids is 1. The van der Waals surface area contributed by atoms with E-state index in [2.05, 4.69) is 5.32 Å². The van der Waals surface area contributed by atoms with Crippen molar-refractivity contribution in [1.82, 2.24) is 10.2 Å². The van der Waals surface area contributed by atoms with Crippen LogP contribution >= 0.6 is 0 Å². The second-order valence-corrected chi connectivity index (χ2v) is 5.91. The van der Waals surface area contributed by atoms with Crippen LogP contribution in [0, 0.1) is 6.92 Å². The molecule has 0 bridgehead atoms. The maximum Gasteiger partial charge on any atom is 0.334 e. The van der Waals surface area contributed by atoms with E-state index in [0.717, 1.165) is 11.1 Å². The molecule has 0 aromatic heterocycles. The molecule has 1 aromatic rings. The minimum Gasteiger partial charge on any atom is -0.479 e. The monoisotopic (exact) mass is 334 g/mol. The summed E-state index contributed by atoms with van der Waals surface area (Å²) in [5, 5.41) is 11.8. The quantitative estimate of drug-likeness (QED) is 0.833. The van der Waals surface area contributed by atoms with Gasteiger partial charge in [-0.1, -0.05) is 29.8 Å². The Morgan fingerprint density at radius 2 is 2.00 bits per heavy atom. The molecule has 0 radical (unpaired) electrons. The van der Waals surface area contributed by atoms with E-state index in [0.29, 0.717) is 6.54 Å². The Morgan fingerprint density at radius 3 is 2.58 bits per heavy atom. The molecule has 1 aromatic carbocycles. The van der Waals surface area contributed by atoms with Crippen LogP contribution in [0.3, 0.4) is 0 Å². The topological polar surface area (TPSA) is 95.9 Å². The maximum absolute atomic E-state index is 12.5. The second kappa shape index (κ2) is 7.92. The molecule has 0 spiro atoms. The average molecular weight is 334 g/mol. The molecule has 2 unspecified atom stereocenters. The number of amides is 2. The normalized spacial score (nSPS) is 18.8. The smallest absolute Gasteiger partial charge is 0.334 e. The first-order valence-corrected chi connectivity index (χ1v) is 7.82. The van der Waals surface area contributed by atoms with Crippen molar-refractivity contribution in [1.29, 1.82) is 0 Å². The summed E-state index contributed by atoms with van der Waals surface area (Å²) < 4.78 is 5.12. The number of hydrogen-bond acceptors (Lipinski definition) is 4. The zero-order chi connectivity index (χ0) is 17.7. The Hall–Kier alpha value is -2.41. The molecular weight excluding hydrogens is 312 g/mol. The summed E-state index contributed by atoms with van der Waals surface area (Å²) >= 11 is 0. The number of hydrogen-bond donors (Lipinski definition) is 2. The zero-order valence-electron chi connectivity index (χ0n) is 13.8. The van der Waals surface area contributed by atoms with Crippen LogP contribution in [-0.2, 0) is 19.1 Å². The van der Waals surface area contributed by atoms with Gasteiger partial charge in [0.05, 0.1) is 25.6 Å². The van der Waals surface area contributed by atoms with Gasteiger partial charge < -0.3 is 20.1 Å². The van der Waals surface area contributed by atoms with E-state index in [1.807, 2.05) is 31.2 Å². The molecule has 1 saturated heterocycles. The van der Waals surface area contributed by atoms with Crippen LogP contribution in [0.5, 0.6) is 0 Å². The maximum atomic E-state index is 12.5. The van der Waals surface area contributed by atoms with E-state index < -0.39 is 18.1 Å². The lowest BCUT2D eigenvalue weighted by Gasteiger charge is -2.32. The van der Waals surface area contributed by atoms with Crippen LogP contribution in [0.15, 0.2) is 24.3 Å². The van der Waals surface area contributed by atoms with Gasteiger partial charge in [-0.05, 0) is 12.5 Å². The Bertz CT molecular complexity index is 614. The fraction of sp³-hybridized carbons (Fsp3) is 0.471. The summed E-state index contributed by atoms with van der Waals surface area (Å²) in [6, 6.07) is 7.15. The number of ether oxygens (including phenoxy) is 1. The lowest BCUT2D eigenvalue weighted by Crippen LogP contribution is -2.49. The molecule has 2 atom stereocenters. The number of rotatable bonds is 5. The van der Waals surface area contributed by atoms with Gasteiger partial charge in [0.25, 0.3) is 0 Å². The predicted octanol–water partition coefficient (Wildman–Crippen LogP) is 0.874. The van der Waals surface area contributed by atoms with E-state index in [1.165, 1.54) is 11.8 Å². The number of carbonyl (C=O) groups excluding carboxylic acids is 2. The van der Waals surface area contributed by atoms with E-state index in [9.17, 15) is 14.4 Å². The van der Waals surface area contributed by atoms with Crippen LogP contribution in [0.4, 0.5) is 0 Å². The largest absolute Gasteiger partial charge is 0.479 e. The average Bonchev–Trinajstić information content (AvgIpc) is 2.54. The molecule has 7 nitrogen and oxygen atoms in total. The zero-order valence-corrected chi connectivity index (χ0v) is 13.8. The van der Waals surface area contributed by atoms with Crippen molar-refractivity contribution in [3.05, 3.63) is 35.4 Å².